The predicted octanol–water partition coefficient (Wildman–Crippen LogP) is 0.826. The molecule has 15 heavy (non-hydrogen) atoms. The third kappa shape index (κ3) is 3.32. The summed E-state index contributed by atoms with van der Waals surface area (Å²) >= 11 is 0. The zero-order valence-electron chi connectivity index (χ0n) is 9.49. The average molecular weight is 213 g/mol. The van der Waals surface area contributed by atoms with Crippen molar-refractivity contribution < 1.29 is 14.3 Å². The van der Waals surface area contributed by atoms with Gasteiger partial charge in [0.25, 0.3) is 0 Å². The fraction of sp³-hybridized carbons (Fsp3) is 0.727. The molecular formula is C11H19NO3. The second-order valence-electron chi connectivity index (χ2n) is 4.09. The van der Waals surface area contributed by atoms with E-state index in [1.807, 2.05) is 0 Å². The van der Waals surface area contributed by atoms with E-state index < -0.39 is 0 Å². The standard InChI is InChI=1S/C11H19NO3/c1-4-10(13)15-7-5-11(2)9-14-8-6-12(11)3/h4H,1,5-9H2,2-3H3. The first kappa shape index (κ1) is 12.2. The third-order valence-corrected chi connectivity index (χ3v) is 2.96. The zero-order chi connectivity index (χ0) is 11.3. The van der Waals surface area contributed by atoms with Crippen LogP contribution in [0.3, 0.4) is 0 Å². The Morgan fingerprint density at radius 1 is 1.73 bits per heavy atom. The second-order valence-corrected chi connectivity index (χ2v) is 4.09. The monoisotopic (exact) mass is 213 g/mol. The van der Waals surface area contributed by atoms with Gasteiger partial charge in [0, 0.05) is 24.6 Å². The number of rotatable bonds is 4. The summed E-state index contributed by atoms with van der Waals surface area (Å²) in [6.45, 7) is 8.27. The van der Waals surface area contributed by atoms with Crippen LogP contribution in [0.2, 0.25) is 0 Å². The van der Waals surface area contributed by atoms with Gasteiger partial charge in [-0.25, -0.2) is 4.79 Å². The number of carbonyl (C=O) groups excluding carboxylic acids is 1. The van der Waals surface area contributed by atoms with Gasteiger partial charge in [-0.3, -0.25) is 4.90 Å². The van der Waals surface area contributed by atoms with Crippen LogP contribution in [-0.4, -0.2) is 49.8 Å². The minimum absolute atomic E-state index is 0.0281. The maximum atomic E-state index is 10.9. The van der Waals surface area contributed by atoms with Crippen LogP contribution in [-0.2, 0) is 14.3 Å². The molecule has 1 fully saturated rings. The highest BCUT2D eigenvalue weighted by Crippen LogP contribution is 2.21. The molecule has 4 heteroatoms. The predicted molar refractivity (Wildman–Crippen MR) is 57.6 cm³/mol. The lowest BCUT2D eigenvalue weighted by Gasteiger charge is -2.42. The number of ether oxygens (including phenoxy) is 2. The summed E-state index contributed by atoms with van der Waals surface area (Å²) in [5.41, 5.74) is -0.0281. The Labute approximate surface area is 90.8 Å². The van der Waals surface area contributed by atoms with E-state index >= 15 is 0 Å². The number of hydrogen-bond acceptors (Lipinski definition) is 4. The van der Waals surface area contributed by atoms with Crippen molar-refractivity contribution in [3.8, 4) is 0 Å². The molecule has 1 unspecified atom stereocenters. The molecular weight excluding hydrogens is 194 g/mol. The molecule has 1 atom stereocenters. The van der Waals surface area contributed by atoms with E-state index in [0.29, 0.717) is 13.2 Å². The maximum Gasteiger partial charge on any atom is 0.330 e. The molecule has 0 saturated carbocycles. The van der Waals surface area contributed by atoms with Gasteiger partial charge in [0.15, 0.2) is 0 Å². The first-order valence-corrected chi connectivity index (χ1v) is 5.17. The Kier molecular flexibility index (Phi) is 4.29. The molecule has 0 bridgehead atoms. The van der Waals surface area contributed by atoms with E-state index in [-0.39, 0.29) is 11.5 Å². The van der Waals surface area contributed by atoms with Gasteiger partial charge < -0.3 is 9.47 Å². The van der Waals surface area contributed by atoms with E-state index in [4.69, 9.17) is 9.47 Å². The Bertz CT molecular complexity index is 242. The van der Waals surface area contributed by atoms with E-state index in [9.17, 15) is 4.79 Å². The van der Waals surface area contributed by atoms with E-state index in [1.54, 1.807) is 0 Å². The van der Waals surface area contributed by atoms with Crippen molar-refractivity contribution in [1.82, 2.24) is 4.90 Å². The van der Waals surface area contributed by atoms with Gasteiger partial charge in [0.2, 0.25) is 0 Å². The van der Waals surface area contributed by atoms with Gasteiger partial charge in [-0.05, 0) is 14.0 Å². The number of hydrogen-bond donors (Lipinski definition) is 0. The SMILES string of the molecule is C=CC(=O)OCCC1(C)COCCN1C. The number of likely N-dealkylation sites (N-methyl/N-ethyl adjacent to an activating group) is 1. The Hall–Kier alpha value is -0.870. The highest BCUT2D eigenvalue weighted by atomic mass is 16.5. The maximum absolute atomic E-state index is 10.9. The molecule has 0 radical (unpaired) electrons. The highest BCUT2D eigenvalue weighted by molar-refractivity contribution is 5.81. The summed E-state index contributed by atoms with van der Waals surface area (Å²) in [7, 11) is 2.07. The van der Waals surface area contributed by atoms with Crippen molar-refractivity contribution in [2.45, 2.75) is 18.9 Å². The Morgan fingerprint density at radius 3 is 3.07 bits per heavy atom. The molecule has 1 aliphatic heterocycles. The van der Waals surface area contributed by atoms with Crippen molar-refractivity contribution in [3.63, 3.8) is 0 Å². The van der Waals surface area contributed by atoms with Crippen LogP contribution in [0.15, 0.2) is 12.7 Å². The first-order chi connectivity index (χ1) is 7.08. The smallest absolute Gasteiger partial charge is 0.330 e. The largest absolute Gasteiger partial charge is 0.462 e. The van der Waals surface area contributed by atoms with Crippen LogP contribution in [0.4, 0.5) is 0 Å². The van der Waals surface area contributed by atoms with E-state index in [0.717, 1.165) is 19.6 Å². The summed E-state index contributed by atoms with van der Waals surface area (Å²) in [4.78, 5) is 13.1. The molecule has 0 aromatic rings. The quantitative estimate of drug-likeness (QED) is 0.512. The fourth-order valence-corrected chi connectivity index (χ4v) is 1.57. The molecule has 1 heterocycles. The third-order valence-electron chi connectivity index (χ3n) is 2.96. The Balaban J connectivity index is 2.34. The van der Waals surface area contributed by atoms with Crippen molar-refractivity contribution in [1.29, 1.82) is 0 Å². The van der Waals surface area contributed by atoms with E-state index in [2.05, 4.69) is 25.5 Å². The minimum atomic E-state index is -0.363. The molecule has 0 aliphatic carbocycles. The van der Waals surface area contributed by atoms with Crippen molar-refractivity contribution in [2.75, 3.05) is 33.4 Å². The summed E-state index contributed by atoms with van der Waals surface area (Å²) in [5, 5.41) is 0. The molecule has 0 aromatic heterocycles. The molecule has 0 aromatic carbocycles. The summed E-state index contributed by atoms with van der Waals surface area (Å²) in [6.07, 6.45) is 1.96. The zero-order valence-corrected chi connectivity index (χ0v) is 9.49. The van der Waals surface area contributed by atoms with Crippen LogP contribution in [0.1, 0.15) is 13.3 Å². The lowest BCUT2D eigenvalue weighted by molar-refractivity contribution is -0.139. The second kappa shape index (κ2) is 5.28. The van der Waals surface area contributed by atoms with E-state index in [1.165, 1.54) is 6.08 Å². The van der Waals surface area contributed by atoms with Crippen LogP contribution < -0.4 is 0 Å². The summed E-state index contributed by atoms with van der Waals surface area (Å²) < 4.78 is 10.4. The molecule has 1 rings (SSSR count). The van der Waals surface area contributed by atoms with Crippen LogP contribution in [0.5, 0.6) is 0 Å². The van der Waals surface area contributed by atoms with Crippen LogP contribution >= 0.6 is 0 Å². The number of esters is 1. The van der Waals surface area contributed by atoms with Gasteiger partial charge >= 0.3 is 5.97 Å². The molecule has 0 spiro atoms. The minimum Gasteiger partial charge on any atom is -0.462 e. The average Bonchev–Trinajstić information content (AvgIpc) is 2.22. The van der Waals surface area contributed by atoms with Gasteiger partial charge in [-0.1, -0.05) is 6.58 Å². The molecule has 86 valence electrons. The van der Waals surface area contributed by atoms with Gasteiger partial charge in [0.05, 0.1) is 19.8 Å². The van der Waals surface area contributed by atoms with Gasteiger partial charge in [0.1, 0.15) is 0 Å². The molecule has 0 amide bonds. The lowest BCUT2D eigenvalue weighted by atomic mass is 9.96. The molecule has 1 saturated heterocycles. The van der Waals surface area contributed by atoms with Gasteiger partial charge in [-0.15, -0.1) is 0 Å². The van der Waals surface area contributed by atoms with Gasteiger partial charge in [-0.2, -0.15) is 0 Å². The Morgan fingerprint density at radius 2 is 2.47 bits per heavy atom. The van der Waals surface area contributed by atoms with Crippen molar-refractivity contribution >= 4 is 5.97 Å². The first-order valence-electron chi connectivity index (χ1n) is 5.17. The van der Waals surface area contributed by atoms with Crippen molar-refractivity contribution in [3.05, 3.63) is 12.7 Å². The number of nitrogens with zero attached hydrogens (tertiary/aromatic N) is 1. The topological polar surface area (TPSA) is 38.8 Å². The van der Waals surface area contributed by atoms with Crippen LogP contribution in [0, 0.1) is 0 Å². The normalized spacial score (nSPS) is 27.3. The molecule has 0 N–H and O–H groups in total. The summed E-state index contributed by atoms with van der Waals surface area (Å²) in [6, 6.07) is 0. The van der Waals surface area contributed by atoms with Crippen LogP contribution in [0.25, 0.3) is 0 Å². The summed E-state index contributed by atoms with van der Waals surface area (Å²) in [5.74, 6) is -0.363. The highest BCUT2D eigenvalue weighted by Gasteiger charge is 2.32. The fourth-order valence-electron chi connectivity index (χ4n) is 1.57. The molecule has 4 nitrogen and oxygen atoms in total. The lowest BCUT2D eigenvalue weighted by Crippen LogP contribution is -2.53. The number of morpholine rings is 1. The molecule has 1 aliphatic rings. The van der Waals surface area contributed by atoms with Crippen molar-refractivity contribution in [2.24, 2.45) is 0 Å². The number of carbonyl (C=O) groups is 1.